The van der Waals surface area contributed by atoms with Gasteiger partial charge in [-0.25, -0.2) is 0 Å². The highest BCUT2D eigenvalue weighted by atomic mass is 32.3. The second-order valence-electron chi connectivity index (χ2n) is 3.05. The molecule has 0 aromatic heterocycles. The second-order valence-corrected chi connectivity index (χ2v) is 4.36. The molecule has 0 amide bonds. The van der Waals surface area contributed by atoms with Crippen molar-refractivity contribution in [1.82, 2.24) is 0 Å². The summed E-state index contributed by atoms with van der Waals surface area (Å²) >= 11 is 0. The van der Waals surface area contributed by atoms with Crippen LogP contribution in [0.4, 0.5) is 9.57 Å². The summed E-state index contributed by atoms with van der Waals surface area (Å²) in [5, 5.41) is 10.6. The van der Waals surface area contributed by atoms with Gasteiger partial charge in [0.05, 0.1) is 4.92 Å². The summed E-state index contributed by atoms with van der Waals surface area (Å²) < 4.78 is 34.0. The largest absolute Gasteiger partial charge is 0.332 e. The van der Waals surface area contributed by atoms with E-state index in [1.54, 1.807) is 0 Å². The fourth-order valence-corrected chi connectivity index (χ4v) is 2.06. The van der Waals surface area contributed by atoms with Crippen molar-refractivity contribution >= 4 is 15.9 Å². The van der Waals surface area contributed by atoms with Crippen molar-refractivity contribution in [3.8, 4) is 0 Å². The molecular weight excluding hydrogens is 225 g/mol. The molecule has 0 saturated heterocycles. The van der Waals surface area contributed by atoms with Crippen molar-refractivity contribution in [2.75, 3.05) is 0 Å². The molecule has 0 unspecified atom stereocenters. The number of hydrogen-bond donors (Lipinski definition) is 0. The lowest BCUT2D eigenvalue weighted by Gasteiger charge is -2.04. The topological polar surface area (TPSA) is 77.3 Å². The Morgan fingerprint density at radius 1 is 1.33 bits per heavy atom. The molecule has 0 aliphatic heterocycles. The van der Waals surface area contributed by atoms with Crippen LogP contribution in [0, 0.1) is 24.0 Å². The lowest BCUT2D eigenvalue weighted by atomic mass is 10.1. The number of aryl methyl sites for hydroxylation is 1. The standard InChI is InChI=1S/C8H8FNO4S/c1-5-3-4-7(15(9,13)14)6(2)8(5)10(11)12/h3-4H,1-2H3. The fraction of sp³-hybridized carbons (Fsp3) is 0.250. The van der Waals surface area contributed by atoms with Crippen LogP contribution in [-0.2, 0) is 10.2 Å². The molecule has 15 heavy (non-hydrogen) atoms. The Morgan fingerprint density at radius 2 is 1.87 bits per heavy atom. The molecule has 82 valence electrons. The fourth-order valence-electron chi connectivity index (χ4n) is 1.36. The Balaban J connectivity index is 3.64. The van der Waals surface area contributed by atoms with Crippen molar-refractivity contribution in [2.24, 2.45) is 0 Å². The zero-order chi connectivity index (χ0) is 11.8. The molecule has 0 fully saturated rings. The maximum absolute atomic E-state index is 12.7. The summed E-state index contributed by atoms with van der Waals surface area (Å²) in [6.07, 6.45) is 0. The molecule has 0 heterocycles. The summed E-state index contributed by atoms with van der Waals surface area (Å²) in [6, 6.07) is 2.23. The van der Waals surface area contributed by atoms with E-state index in [-0.39, 0.29) is 11.3 Å². The molecule has 0 saturated carbocycles. The Bertz CT molecular complexity index is 524. The van der Waals surface area contributed by atoms with Crippen LogP contribution < -0.4 is 0 Å². The van der Waals surface area contributed by atoms with Crippen LogP contribution in [0.3, 0.4) is 0 Å². The molecule has 7 heteroatoms. The first-order valence-electron chi connectivity index (χ1n) is 3.94. The van der Waals surface area contributed by atoms with Crippen molar-refractivity contribution in [3.63, 3.8) is 0 Å². The summed E-state index contributed by atoms with van der Waals surface area (Å²) in [4.78, 5) is 9.23. The minimum absolute atomic E-state index is 0.178. The number of nitro groups is 1. The van der Waals surface area contributed by atoms with E-state index in [9.17, 15) is 22.4 Å². The van der Waals surface area contributed by atoms with E-state index in [2.05, 4.69) is 0 Å². The number of benzene rings is 1. The predicted octanol–water partition coefficient (Wildman–Crippen LogP) is 1.87. The van der Waals surface area contributed by atoms with Crippen molar-refractivity contribution < 1.29 is 17.2 Å². The molecule has 0 bridgehead atoms. The van der Waals surface area contributed by atoms with Gasteiger partial charge in [-0.3, -0.25) is 10.1 Å². The molecule has 1 aromatic carbocycles. The van der Waals surface area contributed by atoms with E-state index in [1.165, 1.54) is 19.9 Å². The maximum atomic E-state index is 12.7. The molecule has 0 aliphatic rings. The first kappa shape index (κ1) is 11.6. The first-order valence-corrected chi connectivity index (χ1v) is 5.32. The quantitative estimate of drug-likeness (QED) is 0.444. The summed E-state index contributed by atoms with van der Waals surface area (Å²) in [6.45, 7) is 2.66. The number of rotatable bonds is 2. The van der Waals surface area contributed by atoms with Gasteiger partial charge in [-0.1, -0.05) is 6.07 Å². The number of nitrogens with zero attached hydrogens (tertiary/aromatic N) is 1. The lowest BCUT2D eigenvalue weighted by Crippen LogP contribution is -2.01. The van der Waals surface area contributed by atoms with E-state index >= 15 is 0 Å². The lowest BCUT2D eigenvalue weighted by molar-refractivity contribution is -0.386. The van der Waals surface area contributed by atoms with Gasteiger partial charge < -0.3 is 0 Å². The Kier molecular flexibility index (Phi) is 2.76. The number of hydrogen-bond acceptors (Lipinski definition) is 4. The highest BCUT2D eigenvalue weighted by molar-refractivity contribution is 7.86. The molecule has 0 radical (unpaired) electrons. The monoisotopic (exact) mass is 233 g/mol. The van der Waals surface area contributed by atoms with Gasteiger partial charge in [0.1, 0.15) is 4.90 Å². The van der Waals surface area contributed by atoms with Gasteiger partial charge >= 0.3 is 10.2 Å². The smallest absolute Gasteiger partial charge is 0.258 e. The molecule has 0 N–H and O–H groups in total. The zero-order valence-electron chi connectivity index (χ0n) is 8.02. The van der Waals surface area contributed by atoms with Gasteiger partial charge in [-0.15, -0.1) is 3.89 Å². The van der Waals surface area contributed by atoms with Crippen LogP contribution in [0.5, 0.6) is 0 Å². The van der Waals surface area contributed by atoms with Crippen LogP contribution in [0.2, 0.25) is 0 Å². The molecule has 1 rings (SSSR count). The highest BCUT2D eigenvalue weighted by Gasteiger charge is 2.24. The summed E-state index contributed by atoms with van der Waals surface area (Å²) in [5.74, 6) is 0. The number of nitro benzene ring substituents is 1. The molecule has 0 aliphatic carbocycles. The van der Waals surface area contributed by atoms with E-state index < -0.39 is 20.0 Å². The SMILES string of the molecule is Cc1ccc(S(=O)(=O)F)c(C)c1[N+](=O)[O-]. The number of halogens is 1. The van der Waals surface area contributed by atoms with E-state index in [1.807, 2.05) is 0 Å². The van der Waals surface area contributed by atoms with Gasteiger partial charge in [0.2, 0.25) is 0 Å². The third kappa shape index (κ3) is 2.12. The average molecular weight is 233 g/mol. The van der Waals surface area contributed by atoms with E-state index in [4.69, 9.17) is 0 Å². The average Bonchev–Trinajstić information content (AvgIpc) is 2.00. The van der Waals surface area contributed by atoms with E-state index in [0.29, 0.717) is 5.56 Å². The van der Waals surface area contributed by atoms with E-state index in [0.717, 1.165) is 6.07 Å². The van der Waals surface area contributed by atoms with Gasteiger partial charge in [0.25, 0.3) is 5.69 Å². The minimum Gasteiger partial charge on any atom is -0.258 e. The van der Waals surface area contributed by atoms with Crippen molar-refractivity contribution in [1.29, 1.82) is 0 Å². The Labute approximate surface area is 85.9 Å². The normalized spacial score (nSPS) is 11.4. The second kappa shape index (κ2) is 3.58. The van der Waals surface area contributed by atoms with Crippen LogP contribution in [0.1, 0.15) is 11.1 Å². The summed E-state index contributed by atoms with van der Waals surface area (Å²) in [7, 11) is -4.91. The first-order chi connectivity index (χ1) is 6.75. The molecular formula is C8H8FNO4S. The van der Waals surface area contributed by atoms with Crippen molar-refractivity contribution in [2.45, 2.75) is 18.7 Å². The van der Waals surface area contributed by atoms with Gasteiger partial charge in [0, 0.05) is 11.1 Å². The molecule has 1 aromatic rings. The van der Waals surface area contributed by atoms with Gasteiger partial charge in [-0.05, 0) is 19.9 Å². The maximum Gasteiger partial charge on any atom is 0.332 e. The third-order valence-electron chi connectivity index (χ3n) is 2.03. The molecule has 5 nitrogen and oxygen atoms in total. The summed E-state index contributed by atoms with van der Waals surface area (Å²) in [5.41, 5.74) is -0.249. The van der Waals surface area contributed by atoms with Crippen LogP contribution in [0.15, 0.2) is 17.0 Å². The molecule has 0 atom stereocenters. The zero-order valence-corrected chi connectivity index (χ0v) is 8.84. The molecule has 0 spiro atoms. The van der Waals surface area contributed by atoms with Crippen LogP contribution in [0.25, 0.3) is 0 Å². The minimum atomic E-state index is -4.91. The van der Waals surface area contributed by atoms with Gasteiger partial charge in [-0.2, -0.15) is 8.42 Å². The van der Waals surface area contributed by atoms with Crippen molar-refractivity contribution in [3.05, 3.63) is 33.4 Å². The Morgan fingerprint density at radius 3 is 2.27 bits per heavy atom. The Hall–Kier alpha value is -1.50. The van der Waals surface area contributed by atoms with Gasteiger partial charge in [0.15, 0.2) is 0 Å². The predicted molar refractivity (Wildman–Crippen MR) is 50.9 cm³/mol. The van der Waals surface area contributed by atoms with Crippen LogP contribution >= 0.6 is 0 Å². The van der Waals surface area contributed by atoms with Crippen LogP contribution in [-0.4, -0.2) is 13.3 Å². The highest BCUT2D eigenvalue weighted by Crippen LogP contribution is 2.29. The third-order valence-corrected chi connectivity index (χ3v) is 3.00.